The molecule has 7 nitrogen and oxygen atoms in total. The van der Waals surface area contributed by atoms with Crippen molar-refractivity contribution in [3.05, 3.63) is 93.1 Å². The minimum Gasteiger partial charge on any atom is -0.479 e. The number of aliphatic carboxylic acids is 1. The van der Waals surface area contributed by atoms with Crippen LogP contribution < -0.4 is 15.5 Å². The van der Waals surface area contributed by atoms with E-state index in [4.69, 9.17) is 5.11 Å². The topological polar surface area (TPSA) is 98.7 Å². The van der Waals surface area contributed by atoms with Gasteiger partial charge in [-0.05, 0) is 94.9 Å². The van der Waals surface area contributed by atoms with Crippen molar-refractivity contribution in [3.8, 4) is 0 Å². The van der Waals surface area contributed by atoms with Gasteiger partial charge in [0.05, 0.1) is 13.1 Å². The van der Waals surface area contributed by atoms with Gasteiger partial charge in [0.1, 0.15) is 0 Å². The molecule has 0 bridgehead atoms. The van der Waals surface area contributed by atoms with Crippen LogP contribution in [-0.4, -0.2) is 35.7 Å². The molecule has 1 aliphatic rings. The second-order valence-electron chi connectivity index (χ2n) is 9.67. The first-order valence-electron chi connectivity index (χ1n) is 13.0. The summed E-state index contributed by atoms with van der Waals surface area (Å²) >= 11 is 2.20. The Morgan fingerprint density at radius 2 is 1.67 bits per heavy atom. The quantitative estimate of drug-likeness (QED) is 0.225. The van der Waals surface area contributed by atoms with Crippen LogP contribution in [0.2, 0.25) is 0 Å². The number of carboxylic acid groups (broad SMARTS) is 1. The third-order valence-corrected chi connectivity index (χ3v) is 7.54. The monoisotopic (exact) mass is 643 g/mol. The molecule has 0 spiro atoms. The van der Waals surface area contributed by atoms with E-state index >= 15 is 0 Å². The third kappa shape index (κ3) is 8.01. The number of alkyl halides is 1. The van der Waals surface area contributed by atoms with Crippen LogP contribution in [0.4, 0.5) is 20.6 Å². The first-order chi connectivity index (χ1) is 18.8. The number of halogens is 2. The molecule has 0 aliphatic heterocycles. The van der Waals surface area contributed by atoms with Gasteiger partial charge in [-0.25, -0.2) is 14.0 Å². The van der Waals surface area contributed by atoms with Gasteiger partial charge in [-0.3, -0.25) is 9.69 Å². The number of carbonyl (C=O) groups is 3. The number of hydrogen-bond acceptors (Lipinski definition) is 3. The van der Waals surface area contributed by atoms with Crippen molar-refractivity contribution in [3.63, 3.8) is 0 Å². The van der Waals surface area contributed by atoms with Crippen LogP contribution in [0.3, 0.4) is 0 Å². The number of hydrogen-bond donors (Lipinski definition) is 3. The standard InChI is InChI=1S/C30H31FIN3O4/c31-27(29(37)38)18-33-28(36)23-11-9-20(10-12-23)19-35(30(39)34-25-8-4-7-24(32)17-25)26-15-13-22(14-16-26)21-5-2-1-3-6-21/h4,7-17,21,27H,1-3,5-6,18-19H2,(H,33,36)(H,34,39)(H,37,38). The van der Waals surface area contributed by atoms with E-state index in [1.165, 1.54) is 37.7 Å². The molecule has 1 saturated carbocycles. The molecule has 39 heavy (non-hydrogen) atoms. The van der Waals surface area contributed by atoms with Gasteiger partial charge in [-0.1, -0.05) is 49.6 Å². The van der Waals surface area contributed by atoms with Crippen molar-refractivity contribution in [2.75, 3.05) is 16.8 Å². The van der Waals surface area contributed by atoms with Gasteiger partial charge in [-0.2, -0.15) is 0 Å². The molecule has 3 N–H and O–H groups in total. The molecule has 4 rings (SSSR count). The highest BCUT2D eigenvalue weighted by atomic mass is 127. The molecule has 0 radical (unpaired) electrons. The van der Waals surface area contributed by atoms with Crippen LogP contribution in [0.1, 0.15) is 59.5 Å². The molecule has 0 saturated heterocycles. The maximum absolute atomic E-state index is 13.5. The van der Waals surface area contributed by atoms with Gasteiger partial charge in [-0.15, -0.1) is 0 Å². The maximum Gasteiger partial charge on any atom is 0.340 e. The second kappa shape index (κ2) is 13.5. The number of anilines is 2. The Balaban J connectivity index is 1.51. The van der Waals surface area contributed by atoms with Crippen LogP contribution in [0.5, 0.6) is 0 Å². The number of nitrogens with one attached hydrogen (secondary N) is 2. The maximum atomic E-state index is 13.5. The molecule has 1 aliphatic carbocycles. The second-order valence-corrected chi connectivity index (χ2v) is 10.9. The molecule has 1 unspecified atom stereocenters. The molecule has 3 amide bonds. The summed E-state index contributed by atoms with van der Waals surface area (Å²) in [4.78, 5) is 38.0. The number of carboxylic acids is 1. The van der Waals surface area contributed by atoms with Gasteiger partial charge in [0.15, 0.2) is 0 Å². The summed E-state index contributed by atoms with van der Waals surface area (Å²) in [6.07, 6.45) is 4.01. The summed E-state index contributed by atoms with van der Waals surface area (Å²) in [5, 5.41) is 13.9. The summed E-state index contributed by atoms with van der Waals surface area (Å²) in [6, 6.07) is 22.0. The van der Waals surface area contributed by atoms with Gasteiger partial charge < -0.3 is 15.7 Å². The van der Waals surface area contributed by atoms with Crippen LogP contribution >= 0.6 is 22.6 Å². The number of urea groups is 1. The summed E-state index contributed by atoms with van der Waals surface area (Å²) in [5.41, 5.74) is 3.79. The average Bonchev–Trinajstić information content (AvgIpc) is 2.95. The van der Waals surface area contributed by atoms with Crippen molar-refractivity contribution in [1.29, 1.82) is 0 Å². The Hall–Kier alpha value is -3.47. The van der Waals surface area contributed by atoms with Gasteiger partial charge >= 0.3 is 12.0 Å². The van der Waals surface area contributed by atoms with Crippen LogP contribution in [0.25, 0.3) is 0 Å². The average molecular weight is 643 g/mol. The third-order valence-electron chi connectivity index (χ3n) is 6.87. The molecule has 1 atom stereocenters. The molecule has 204 valence electrons. The fraction of sp³-hybridized carbons (Fsp3) is 0.300. The molecular formula is C30H31FIN3O4. The van der Waals surface area contributed by atoms with Crippen LogP contribution in [0.15, 0.2) is 72.8 Å². The van der Waals surface area contributed by atoms with Crippen molar-refractivity contribution in [2.24, 2.45) is 0 Å². The Labute approximate surface area is 240 Å². The van der Waals surface area contributed by atoms with E-state index < -0.39 is 24.6 Å². The van der Waals surface area contributed by atoms with E-state index in [1.54, 1.807) is 29.2 Å². The summed E-state index contributed by atoms with van der Waals surface area (Å²) < 4.78 is 14.3. The largest absolute Gasteiger partial charge is 0.479 e. The lowest BCUT2D eigenvalue weighted by atomic mass is 9.84. The number of amides is 3. The van der Waals surface area contributed by atoms with Crippen LogP contribution in [0, 0.1) is 3.57 Å². The number of carbonyl (C=O) groups excluding carboxylic acids is 2. The van der Waals surface area contributed by atoms with Crippen molar-refractivity contribution < 1.29 is 23.9 Å². The van der Waals surface area contributed by atoms with Gasteiger partial charge in [0.25, 0.3) is 5.91 Å². The Kier molecular flexibility index (Phi) is 9.91. The van der Waals surface area contributed by atoms with E-state index in [1.807, 2.05) is 36.4 Å². The zero-order valence-corrected chi connectivity index (χ0v) is 23.6. The predicted molar refractivity (Wildman–Crippen MR) is 158 cm³/mol. The van der Waals surface area contributed by atoms with Gasteiger partial charge in [0, 0.05) is 20.5 Å². The van der Waals surface area contributed by atoms with E-state index in [2.05, 4.69) is 45.4 Å². The molecule has 9 heteroatoms. The molecule has 0 heterocycles. The summed E-state index contributed by atoms with van der Waals surface area (Å²) in [5.74, 6) is -1.64. The molecule has 3 aromatic rings. The fourth-order valence-electron chi connectivity index (χ4n) is 4.72. The summed E-state index contributed by atoms with van der Waals surface area (Å²) in [6.45, 7) is -0.356. The SMILES string of the molecule is O=C(NCC(F)C(=O)O)c1ccc(CN(C(=O)Nc2cccc(I)c2)c2ccc(C3CCCCC3)cc2)cc1. The highest BCUT2D eigenvalue weighted by Crippen LogP contribution is 2.33. The number of benzene rings is 3. The normalized spacial score (nSPS) is 14.3. The Bertz CT molecular complexity index is 1290. The summed E-state index contributed by atoms with van der Waals surface area (Å²) in [7, 11) is 0. The van der Waals surface area contributed by atoms with Crippen molar-refractivity contribution in [2.45, 2.75) is 50.7 Å². The minimum absolute atomic E-state index is 0.256. The van der Waals surface area contributed by atoms with E-state index in [9.17, 15) is 18.8 Å². The minimum atomic E-state index is -2.17. The first-order valence-corrected chi connectivity index (χ1v) is 14.1. The smallest absolute Gasteiger partial charge is 0.340 e. The van der Waals surface area contributed by atoms with Crippen molar-refractivity contribution in [1.82, 2.24) is 5.32 Å². The molecule has 0 aromatic heterocycles. The molecular weight excluding hydrogens is 612 g/mol. The lowest BCUT2D eigenvalue weighted by molar-refractivity contribution is -0.142. The highest BCUT2D eigenvalue weighted by molar-refractivity contribution is 14.1. The lowest BCUT2D eigenvalue weighted by Crippen LogP contribution is -2.35. The Morgan fingerprint density at radius 1 is 0.974 bits per heavy atom. The van der Waals surface area contributed by atoms with Gasteiger partial charge in [0.2, 0.25) is 6.17 Å². The zero-order valence-electron chi connectivity index (χ0n) is 21.4. The number of rotatable bonds is 9. The van der Waals surface area contributed by atoms with Crippen LogP contribution in [-0.2, 0) is 11.3 Å². The first kappa shape index (κ1) is 28.5. The Morgan fingerprint density at radius 3 is 2.31 bits per heavy atom. The molecule has 3 aromatic carbocycles. The highest BCUT2D eigenvalue weighted by Gasteiger charge is 2.20. The number of nitrogens with zero attached hydrogens (tertiary/aromatic N) is 1. The molecule has 1 fully saturated rings. The van der Waals surface area contributed by atoms with Crippen molar-refractivity contribution >= 4 is 51.9 Å². The van der Waals surface area contributed by atoms with E-state index in [0.717, 1.165) is 14.8 Å². The predicted octanol–water partition coefficient (Wildman–Crippen LogP) is 6.73. The van der Waals surface area contributed by atoms with E-state index in [0.29, 0.717) is 11.6 Å². The zero-order chi connectivity index (χ0) is 27.8. The lowest BCUT2D eigenvalue weighted by Gasteiger charge is -2.26. The fourth-order valence-corrected chi connectivity index (χ4v) is 5.26. The van der Waals surface area contributed by atoms with E-state index in [-0.39, 0.29) is 18.1 Å².